The first-order chi connectivity index (χ1) is 11.7. The average Bonchev–Trinajstić information content (AvgIpc) is 3.10. The molecule has 0 saturated carbocycles. The maximum absolute atomic E-state index is 5.26. The number of benzene rings is 1. The summed E-state index contributed by atoms with van der Waals surface area (Å²) in [5.41, 5.74) is 1.14. The van der Waals surface area contributed by atoms with Crippen LogP contribution < -0.4 is 15.4 Å². The van der Waals surface area contributed by atoms with Gasteiger partial charge in [-0.25, -0.2) is 4.99 Å². The molecule has 0 radical (unpaired) electrons. The highest BCUT2D eigenvalue weighted by Crippen LogP contribution is 2.14. The monoisotopic (exact) mass is 473 g/mol. The summed E-state index contributed by atoms with van der Waals surface area (Å²) in [5, 5.41) is 8.88. The Labute approximate surface area is 172 Å². The van der Waals surface area contributed by atoms with E-state index in [2.05, 4.69) is 53.1 Å². The van der Waals surface area contributed by atoms with Crippen LogP contribution in [0.15, 0.2) is 46.8 Å². The number of nitrogens with one attached hydrogen (secondary N) is 2. The third-order valence-electron chi connectivity index (χ3n) is 3.65. The second-order valence-corrected chi connectivity index (χ2v) is 6.85. The van der Waals surface area contributed by atoms with Crippen molar-refractivity contribution < 1.29 is 4.74 Å². The van der Waals surface area contributed by atoms with E-state index in [0.29, 0.717) is 12.5 Å². The van der Waals surface area contributed by atoms with Gasteiger partial charge in [0, 0.05) is 18.0 Å². The zero-order valence-electron chi connectivity index (χ0n) is 15.1. The van der Waals surface area contributed by atoms with Crippen LogP contribution in [0.25, 0.3) is 0 Å². The summed E-state index contributed by atoms with van der Waals surface area (Å²) >= 11 is 1.82. The van der Waals surface area contributed by atoms with Gasteiger partial charge in [0.2, 0.25) is 0 Å². The first kappa shape index (κ1) is 21.8. The third-order valence-corrected chi connectivity index (χ3v) is 4.54. The number of thiophene rings is 1. The molecule has 25 heavy (non-hydrogen) atoms. The Morgan fingerprint density at radius 3 is 2.76 bits per heavy atom. The molecule has 2 rings (SSSR count). The second kappa shape index (κ2) is 12.1. The number of hydrogen-bond donors (Lipinski definition) is 2. The first-order valence-corrected chi connectivity index (χ1v) is 9.26. The van der Waals surface area contributed by atoms with Crippen LogP contribution in [-0.2, 0) is 13.0 Å². The third kappa shape index (κ3) is 8.09. The lowest BCUT2D eigenvalue weighted by Crippen LogP contribution is -2.39. The van der Waals surface area contributed by atoms with Crippen molar-refractivity contribution in [3.63, 3.8) is 0 Å². The Morgan fingerprint density at radius 2 is 2.08 bits per heavy atom. The van der Waals surface area contributed by atoms with Gasteiger partial charge in [0.25, 0.3) is 0 Å². The molecule has 1 atom stereocenters. The van der Waals surface area contributed by atoms with Crippen molar-refractivity contribution in [2.24, 2.45) is 10.9 Å². The van der Waals surface area contributed by atoms with Gasteiger partial charge >= 0.3 is 0 Å². The Morgan fingerprint density at radius 1 is 1.24 bits per heavy atom. The molecule has 0 saturated heterocycles. The Hall–Kier alpha value is -1.28. The maximum Gasteiger partial charge on any atom is 0.191 e. The normalized spacial score (nSPS) is 12.2. The van der Waals surface area contributed by atoms with Crippen molar-refractivity contribution in [1.29, 1.82) is 0 Å². The first-order valence-electron chi connectivity index (χ1n) is 8.38. The van der Waals surface area contributed by atoms with Gasteiger partial charge in [0.1, 0.15) is 5.75 Å². The van der Waals surface area contributed by atoms with Crippen LogP contribution in [-0.4, -0.2) is 26.2 Å². The zero-order valence-corrected chi connectivity index (χ0v) is 18.3. The highest BCUT2D eigenvalue weighted by Gasteiger charge is 2.06. The number of ether oxygens (including phenoxy) is 1. The summed E-state index contributed by atoms with van der Waals surface area (Å²) < 4.78 is 5.26. The van der Waals surface area contributed by atoms with E-state index in [-0.39, 0.29) is 24.0 Å². The molecule has 1 aromatic heterocycles. The van der Waals surface area contributed by atoms with E-state index in [0.717, 1.165) is 36.8 Å². The molecule has 6 heteroatoms. The minimum Gasteiger partial charge on any atom is -0.497 e. The van der Waals surface area contributed by atoms with Crippen LogP contribution in [0, 0.1) is 5.92 Å². The van der Waals surface area contributed by atoms with Crippen molar-refractivity contribution in [2.75, 3.05) is 20.2 Å². The number of halogens is 1. The molecule has 2 aromatic rings. The lowest BCUT2D eigenvalue weighted by atomic mass is 10.1. The molecule has 138 valence electrons. The molecule has 0 aliphatic carbocycles. The topological polar surface area (TPSA) is 45.7 Å². The van der Waals surface area contributed by atoms with Gasteiger partial charge in [0.15, 0.2) is 5.96 Å². The number of rotatable bonds is 8. The zero-order chi connectivity index (χ0) is 17.2. The predicted molar refractivity (Wildman–Crippen MR) is 118 cm³/mol. The fourth-order valence-electron chi connectivity index (χ4n) is 2.40. The molecule has 2 N–H and O–H groups in total. The summed E-state index contributed by atoms with van der Waals surface area (Å²) in [6.45, 7) is 6.73. The molecule has 1 unspecified atom stereocenters. The van der Waals surface area contributed by atoms with Gasteiger partial charge in [-0.3, -0.25) is 0 Å². The quantitative estimate of drug-likeness (QED) is 0.341. The average molecular weight is 473 g/mol. The van der Waals surface area contributed by atoms with Crippen LogP contribution in [0.2, 0.25) is 0 Å². The molecule has 1 heterocycles. The van der Waals surface area contributed by atoms with Crippen LogP contribution in [0.4, 0.5) is 0 Å². The van der Waals surface area contributed by atoms with Crippen molar-refractivity contribution in [2.45, 2.75) is 26.8 Å². The molecular weight excluding hydrogens is 445 g/mol. The van der Waals surface area contributed by atoms with Crippen molar-refractivity contribution in [3.05, 3.63) is 52.2 Å². The van der Waals surface area contributed by atoms with E-state index in [1.807, 2.05) is 29.5 Å². The summed E-state index contributed by atoms with van der Waals surface area (Å²) in [6.07, 6.45) is 1.10. The number of nitrogens with zero attached hydrogens (tertiary/aromatic N) is 1. The summed E-state index contributed by atoms with van der Waals surface area (Å²) in [6, 6.07) is 12.3. The van der Waals surface area contributed by atoms with E-state index in [4.69, 9.17) is 4.74 Å². The number of aliphatic imine (C=N–C) groups is 1. The fourth-order valence-corrected chi connectivity index (χ4v) is 3.27. The van der Waals surface area contributed by atoms with Crippen LogP contribution in [0.1, 0.15) is 24.3 Å². The lowest BCUT2D eigenvalue weighted by molar-refractivity contribution is 0.414. The largest absolute Gasteiger partial charge is 0.497 e. The van der Waals surface area contributed by atoms with E-state index in [1.54, 1.807) is 7.11 Å². The SMILES string of the molecule is CCNC(=NCc1cccc(OC)c1)NCC(C)Cc1cccs1.I. The molecule has 0 aliphatic heterocycles. The van der Waals surface area contributed by atoms with Crippen LogP contribution in [0.5, 0.6) is 5.75 Å². The molecule has 0 fully saturated rings. The highest BCUT2D eigenvalue weighted by molar-refractivity contribution is 14.0. The minimum atomic E-state index is 0. The molecule has 4 nitrogen and oxygen atoms in total. The number of methoxy groups -OCH3 is 1. The van der Waals surface area contributed by atoms with Gasteiger partial charge in [-0.05, 0) is 48.4 Å². The van der Waals surface area contributed by atoms with Crippen molar-refractivity contribution in [1.82, 2.24) is 10.6 Å². The maximum atomic E-state index is 5.26. The van der Waals surface area contributed by atoms with E-state index < -0.39 is 0 Å². The van der Waals surface area contributed by atoms with Gasteiger partial charge in [-0.1, -0.05) is 25.1 Å². The second-order valence-electron chi connectivity index (χ2n) is 5.82. The molecule has 0 amide bonds. The van der Waals surface area contributed by atoms with Gasteiger partial charge in [0.05, 0.1) is 13.7 Å². The summed E-state index contributed by atoms with van der Waals surface area (Å²) in [4.78, 5) is 6.10. The number of hydrogen-bond acceptors (Lipinski definition) is 3. The highest BCUT2D eigenvalue weighted by atomic mass is 127. The predicted octanol–water partition coefficient (Wildman–Crippen LogP) is 4.31. The molecule has 0 aliphatic rings. The lowest BCUT2D eigenvalue weighted by Gasteiger charge is -2.15. The smallest absolute Gasteiger partial charge is 0.191 e. The Kier molecular flexibility index (Phi) is 10.6. The van der Waals surface area contributed by atoms with E-state index in [9.17, 15) is 0 Å². The minimum absolute atomic E-state index is 0. The molecular formula is C19H28IN3OS. The van der Waals surface area contributed by atoms with Crippen LogP contribution >= 0.6 is 35.3 Å². The van der Waals surface area contributed by atoms with Crippen molar-refractivity contribution >= 4 is 41.3 Å². The van der Waals surface area contributed by atoms with Crippen LogP contribution in [0.3, 0.4) is 0 Å². The van der Waals surface area contributed by atoms with Gasteiger partial charge < -0.3 is 15.4 Å². The summed E-state index contributed by atoms with van der Waals surface area (Å²) in [7, 11) is 1.68. The van der Waals surface area contributed by atoms with E-state index in [1.165, 1.54) is 4.88 Å². The molecule has 0 bridgehead atoms. The Balaban J connectivity index is 0.00000312. The number of guanidine groups is 1. The molecule has 1 aromatic carbocycles. The fraction of sp³-hybridized carbons (Fsp3) is 0.421. The van der Waals surface area contributed by atoms with Gasteiger partial charge in [-0.15, -0.1) is 35.3 Å². The molecule has 0 spiro atoms. The standard InChI is InChI=1S/C19H27N3OS.HI/c1-4-20-19(21-13-15(2)11-18-9-6-10-24-18)22-14-16-7-5-8-17(12-16)23-3;/h5-10,12,15H,4,11,13-14H2,1-3H3,(H2,20,21,22);1H. The van der Waals surface area contributed by atoms with E-state index >= 15 is 0 Å². The Bertz CT molecular complexity index is 631. The summed E-state index contributed by atoms with van der Waals surface area (Å²) in [5.74, 6) is 2.29. The van der Waals surface area contributed by atoms with Gasteiger partial charge in [-0.2, -0.15) is 0 Å². The van der Waals surface area contributed by atoms with Crippen molar-refractivity contribution in [3.8, 4) is 5.75 Å².